The van der Waals surface area contributed by atoms with Crippen molar-refractivity contribution < 1.29 is 9.90 Å². The summed E-state index contributed by atoms with van der Waals surface area (Å²) in [7, 11) is 0. The van der Waals surface area contributed by atoms with Gasteiger partial charge in [-0.3, -0.25) is 4.57 Å². The van der Waals surface area contributed by atoms with Gasteiger partial charge in [0, 0.05) is 5.92 Å². The molecule has 6 heteroatoms. The zero-order chi connectivity index (χ0) is 12.4. The topological polar surface area (TPSA) is 88.0 Å². The van der Waals surface area contributed by atoms with Crippen molar-refractivity contribution in [3.05, 3.63) is 16.3 Å². The molecular weight excluding hydrogens is 222 g/mol. The highest BCUT2D eigenvalue weighted by molar-refractivity contribution is 5.71. The summed E-state index contributed by atoms with van der Waals surface area (Å²) in [5.41, 5.74) is -0.430. The zero-order valence-electron chi connectivity index (χ0n) is 9.85. The normalized spacial score (nSPS) is 19.1. The van der Waals surface area contributed by atoms with Crippen molar-refractivity contribution in [2.24, 2.45) is 0 Å². The van der Waals surface area contributed by atoms with Crippen LogP contribution in [-0.2, 0) is 4.79 Å². The Morgan fingerprint density at radius 1 is 1.47 bits per heavy atom. The summed E-state index contributed by atoms with van der Waals surface area (Å²) in [6, 6.07) is -0.863. The zero-order valence-corrected chi connectivity index (χ0v) is 9.85. The number of H-pyrrole nitrogens is 1. The first-order chi connectivity index (χ1) is 8.11. The highest BCUT2D eigenvalue weighted by Crippen LogP contribution is 2.31. The molecule has 1 aliphatic rings. The van der Waals surface area contributed by atoms with Gasteiger partial charge in [0.15, 0.2) is 0 Å². The molecule has 1 heterocycles. The number of hydrogen-bond donors (Lipinski definition) is 2. The Balaban J connectivity index is 2.34. The van der Waals surface area contributed by atoms with Crippen LogP contribution in [0.5, 0.6) is 0 Å². The number of carbonyl (C=O) groups is 1. The van der Waals surface area contributed by atoms with E-state index in [2.05, 4.69) is 10.2 Å². The van der Waals surface area contributed by atoms with E-state index in [0.717, 1.165) is 25.7 Å². The Labute approximate surface area is 98.7 Å². The minimum absolute atomic E-state index is 0.212. The molecule has 0 aliphatic heterocycles. The Morgan fingerprint density at radius 3 is 2.71 bits per heavy atom. The quantitative estimate of drug-likeness (QED) is 0.831. The molecule has 0 bridgehead atoms. The van der Waals surface area contributed by atoms with Gasteiger partial charge in [-0.2, -0.15) is 5.10 Å². The van der Waals surface area contributed by atoms with Crippen molar-refractivity contribution in [2.45, 2.75) is 51.0 Å². The standard InChI is InChI=1S/C11H17N3O3/c1-7(10(15)16)14-9(12-13-11(14)17)8-5-3-2-4-6-8/h7-8H,2-6H2,1H3,(H,13,17)(H,15,16). The Morgan fingerprint density at radius 2 is 2.12 bits per heavy atom. The van der Waals surface area contributed by atoms with E-state index in [0.29, 0.717) is 5.82 Å². The summed E-state index contributed by atoms with van der Waals surface area (Å²) >= 11 is 0. The summed E-state index contributed by atoms with van der Waals surface area (Å²) in [6.45, 7) is 1.51. The number of nitrogens with zero attached hydrogens (tertiary/aromatic N) is 2. The number of aliphatic carboxylic acids is 1. The lowest BCUT2D eigenvalue weighted by Gasteiger charge is -2.22. The summed E-state index contributed by atoms with van der Waals surface area (Å²) < 4.78 is 1.28. The molecule has 6 nitrogen and oxygen atoms in total. The monoisotopic (exact) mass is 239 g/mol. The molecule has 1 aromatic heterocycles. The molecule has 2 N–H and O–H groups in total. The number of nitrogens with one attached hydrogen (secondary N) is 1. The molecule has 94 valence electrons. The number of aromatic nitrogens is 3. The van der Waals surface area contributed by atoms with Crippen LogP contribution in [-0.4, -0.2) is 25.8 Å². The highest BCUT2D eigenvalue weighted by atomic mass is 16.4. The molecule has 1 saturated carbocycles. The van der Waals surface area contributed by atoms with Gasteiger partial charge in [0.1, 0.15) is 11.9 Å². The van der Waals surface area contributed by atoms with Crippen molar-refractivity contribution in [1.29, 1.82) is 0 Å². The van der Waals surface area contributed by atoms with Gasteiger partial charge in [0.25, 0.3) is 0 Å². The molecule has 1 unspecified atom stereocenters. The number of carboxylic acid groups (broad SMARTS) is 1. The van der Waals surface area contributed by atoms with Crippen LogP contribution in [0.1, 0.15) is 56.8 Å². The van der Waals surface area contributed by atoms with Gasteiger partial charge >= 0.3 is 11.7 Å². The van der Waals surface area contributed by atoms with Crippen LogP contribution in [0.3, 0.4) is 0 Å². The van der Waals surface area contributed by atoms with Crippen molar-refractivity contribution >= 4 is 5.97 Å². The SMILES string of the molecule is CC(C(=O)O)n1c(C2CCCCC2)n[nH]c1=O. The predicted octanol–water partition coefficient (Wildman–Crippen LogP) is 1.26. The first-order valence-corrected chi connectivity index (χ1v) is 6.01. The fourth-order valence-electron chi connectivity index (χ4n) is 2.45. The molecule has 0 radical (unpaired) electrons. The number of aromatic amines is 1. The molecular formula is C11H17N3O3. The largest absolute Gasteiger partial charge is 0.480 e. The average Bonchev–Trinajstić information content (AvgIpc) is 2.71. The second-order valence-electron chi connectivity index (χ2n) is 4.61. The van der Waals surface area contributed by atoms with E-state index in [1.54, 1.807) is 0 Å². The molecule has 0 aromatic carbocycles. The third-order valence-electron chi connectivity index (χ3n) is 3.45. The van der Waals surface area contributed by atoms with E-state index in [9.17, 15) is 9.59 Å². The maximum absolute atomic E-state index is 11.6. The lowest BCUT2D eigenvalue weighted by atomic mass is 9.88. The lowest BCUT2D eigenvalue weighted by Crippen LogP contribution is -2.28. The van der Waals surface area contributed by atoms with Crippen LogP contribution in [0.2, 0.25) is 0 Å². The van der Waals surface area contributed by atoms with Crippen LogP contribution >= 0.6 is 0 Å². The van der Waals surface area contributed by atoms with E-state index < -0.39 is 17.7 Å². The second-order valence-corrected chi connectivity index (χ2v) is 4.61. The fourth-order valence-corrected chi connectivity index (χ4v) is 2.45. The average molecular weight is 239 g/mol. The van der Waals surface area contributed by atoms with Crippen LogP contribution < -0.4 is 5.69 Å². The lowest BCUT2D eigenvalue weighted by molar-refractivity contribution is -0.140. The smallest absolute Gasteiger partial charge is 0.344 e. The first-order valence-electron chi connectivity index (χ1n) is 6.01. The van der Waals surface area contributed by atoms with E-state index in [1.165, 1.54) is 17.9 Å². The van der Waals surface area contributed by atoms with Crippen LogP contribution in [0, 0.1) is 0 Å². The first kappa shape index (κ1) is 11.9. The maximum atomic E-state index is 11.6. The molecule has 1 aromatic rings. The van der Waals surface area contributed by atoms with Crippen molar-refractivity contribution in [3.63, 3.8) is 0 Å². The number of carboxylic acids is 1. The van der Waals surface area contributed by atoms with Crippen molar-refractivity contribution in [3.8, 4) is 0 Å². The minimum atomic E-state index is -1.01. The Bertz CT molecular complexity index is 457. The van der Waals surface area contributed by atoms with Gasteiger partial charge in [-0.05, 0) is 19.8 Å². The Kier molecular flexibility index (Phi) is 3.31. The molecule has 1 atom stereocenters. The summed E-state index contributed by atoms with van der Waals surface area (Å²) in [6.07, 6.45) is 5.41. The van der Waals surface area contributed by atoms with Gasteiger partial charge in [0.2, 0.25) is 0 Å². The van der Waals surface area contributed by atoms with E-state index in [-0.39, 0.29) is 5.92 Å². The minimum Gasteiger partial charge on any atom is -0.480 e. The summed E-state index contributed by atoms with van der Waals surface area (Å²) in [5.74, 6) is -0.195. The van der Waals surface area contributed by atoms with Crippen molar-refractivity contribution in [2.75, 3.05) is 0 Å². The predicted molar refractivity (Wildman–Crippen MR) is 61.0 cm³/mol. The summed E-state index contributed by atoms with van der Waals surface area (Å²) in [4.78, 5) is 22.6. The molecule has 2 rings (SSSR count). The van der Waals surface area contributed by atoms with Crippen LogP contribution in [0.25, 0.3) is 0 Å². The van der Waals surface area contributed by atoms with Crippen LogP contribution in [0.15, 0.2) is 4.79 Å². The van der Waals surface area contributed by atoms with Gasteiger partial charge in [-0.15, -0.1) is 0 Å². The molecule has 0 saturated heterocycles. The van der Waals surface area contributed by atoms with Gasteiger partial charge in [0.05, 0.1) is 0 Å². The molecule has 17 heavy (non-hydrogen) atoms. The van der Waals surface area contributed by atoms with E-state index >= 15 is 0 Å². The Hall–Kier alpha value is -1.59. The third-order valence-corrected chi connectivity index (χ3v) is 3.45. The number of rotatable bonds is 3. The molecule has 1 aliphatic carbocycles. The van der Waals surface area contributed by atoms with E-state index in [1.807, 2.05) is 0 Å². The van der Waals surface area contributed by atoms with Crippen LogP contribution in [0.4, 0.5) is 0 Å². The highest BCUT2D eigenvalue weighted by Gasteiger charge is 2.26. The van der Waals surface area contributed by atoms with Gasteiger partial charge in [-0.25, -0.2) is 14.7 Å². The second kappa shape index (κ2) is 4.73. The third kappa shape index (κ3) is 2.25. The van der Waals surface area contributed by atoms with Gasteiger partial charge in [-0.1, -0.05) is 19.3 Å². The summed E-state index contributed by atoms with van der Waals surface area (Å²) in [5, 5.41) is 15.4. The molecule has 0 spiro atoms. The van der Waals surface area contributed by atoms with Gasteiger partial charge < -0.3 is 5.11 Å². The maximum Gasteiger partial charge on any atom is 0.344 e. The molecule has 0 amide bonds. The van der Waals surface area contributed by atoms with Crippen molar-refractivity contribution in [1.82, 2.24) is 14.8 Å². The number of hydrogen-bond acceptors (Lipinski definition) is 3. The molecule has 1 fully saturated rings. The fraction of sp³-hybridized carbons (Fsp3) is 0.727. The van der Waals surface area contributed by atoms with E-state index in [4.69, 9.17) is 5.11 Å².